The molecule has 43 heavy (non-hydrogen) atoms. The van der Waals surface area contributed by atoms with Gasteiger partial charge in [-0.05, 0) is 37.3 Å². The molecule has 1 aromatic heterocycles. The van der Waals surface area contributed by atoms with E-state index in [0.29, 0.717) is 26.4 Å². The zero-order valence-corrected chi connectivity index (χ0v) is 26.6. The molecule has 0 bridgehead atoms. The Morgan fingerprint density at radius 2 is 1.74 bits per heavy atom. The van der Waals surface area contributed by atoms with Gasteiger partial charge in [-0.15, -0.1) is 11.3 Å². The zero-order valence-electron chi connectivity index (χ0n) is 25.8. The molecule has 0 aliphatic carbocycles. The van der Waals surface area contributed by atoms with Crippen LogP contribution in [0.15, 0.2) is 29.8 Å². The molecule has 2 heterocycles. The molecule has 1 radical (unpaired) electrons. The molecule has 0 saturated carbocycles. The predicted molar refractivity (Wildman–Crippen MR) is 164 cm³/mol. The second-order valence-corrected chi connectivity index (χ2v) is 12.5. The maximum Gasteiger partial charge on any atom is 0.246 e. The third-order valence-corrected chi connectivity index (χ3v) is 8.16. The van der Waals surface area contributed by atoms with Gasteiger partial charge in [0.25, 0.3) is 0 Å². The second kappa shape index (κ2) is 16.2. The van der Waals surface area contributed by atoms with Crippen LogP contribution in [-0.4, -0.2) is 97.1 Å². The standard InChI is InChI=1S/C31H45N4O7S/c1-7-40-12-13-41-14-15-42-18-26(37)34-28(31(4,5)6)30(39)35-17-24(36)16-25(35)29(38)33-20(2)22-8-10-23(11-9-22)27-21(3)32-19-43-27/h8-11,19-20,24-25,28,36H,1,7,12-18H2,2-6H3,(H,33,38)(H,34,37)/t20-,24+,25-,28+/m0/s1. The summed E-state index contributed by atoms with van der Waals surface area (Å²) in [5.41, 5.74) is 4.09. The quantitative estimate of drug-likeness (QED) is 0.259. The van der Waals surface area contributed by atoms with Gasteiger partial charge in [-0.25, -0.2) is 4.98 Å². The Balaban J connectivity index is 1.58. The maximum absolute atomic E-state index is 13.8. The predicted octanol–water partition coefficient (Wildman–Crippen LogP) is 2.67. The molecule has 1 aromatic carbocycles. The van der Waals surface area contributed by atoms with Gasteiger partial charge in [0.15, 0.2) is 0 Å². The summed E-state index contributed by atoms with van der Waals surface area (Å²) in [5.74, 6) is -1.24. The van der Waals surface area contributed by atoms with Crippen LogP contribution in [0.25, 0.3) is 10.4 Å². The van der Waals surface area contributed by atoms with Crippen molar-refractivity contribution in [3.05, 3.63) is 48.0 Å². The number of aliphatic hydroxyl groups is 1. The highest BCUT2D eigenvalue weighted by Gasteiger charge is 2.44. The first-order valence-corrected chi connectivity index (χ1v) is 15.4. The van der Waals surface area contributed by atoms with Crippen molar-refractivity contribution in [1.29, 1.82) is 0 Å². The number of β-amino-alcohol motifs (C(OH)–C–C–N with tert-alkyl or cyclic N) is 1. The fourth-order valence-corrected chi connectivity index (χ4v) is 5.63. The van der Waals surface area contributed by atoms with Gasteiger partial charge in [0, 0.05) is 19.6 Å². The number of aryl methyl sites for hydroxylation is 1. The Bertz CT molecular complexity index is 1200. The van der Waals surface area contributed by atoms with Gasteiger partial charge < -0.3 is 34.9 Å². The van der Waals surface area contributed by atoms with Gasteiger partial charge >= 0.3 is 0 Å². The van der Waals surface area contributed by atoms with Crippen molar-refractivity contribution in [3.63, 3.8) is 0 Å². The number of thiazole rings is 1. The summed E-state index contributed by atoms with van der Waals surface area (Å²) in [4.78, 5) is 46.6. The average Bonchev–Trinajstić information content (AvgIpc) is 3.57. The number of carbonyl (C=O) groups is 3. The number of ether oxygens (including phenoxy) is 3. The number of rotatable bonds is 15. The molecule has 0 spiro atoms. The number of nitrogens with zero attached hydrogens (tertiary/aromatic N) is 2. The van der Waals surface area contributed by atoms with Crippen LogP contribution in [-0.2, 0) is 28.6 Å². The molecule has 1 saturated heterocycles. The van der Waals surface area contributed by atoms with Gasteiger partial charge in [0.05, 0.1) is 54.7 Å². The first-order valence-electron chi connectivity index (χ1n) is 14.5. The summed E-state index contributed by atoms with van der Waals surface area (Å²) >= 11 is 1.58. The van der Waals surface area contributed by atoms with E-state index in [-0.39, 0.29) is 38.1 Å². The largest absolute Gasteiger partial charge is 0.391 e. The molecule has 3 N–H and O–H groups in total. The van der Waals surface area contributed by atoms with E-state index in [0.717, 1.165) is 21.7 Å². The van der Waals surface area contributed by atoms with Crippen LogP contribution in [0.5, 0.6) is 0 Å². The molecule has 4 atom stereocenters. The van der Waals surface area contributed by atoms with E-state index in [9.17, 15) is 19.5 Å². The number of aromatic nitrogens is 1. The lowest BCUT2D eigenvalue weighted by atomic mass is 9.85. The van der Waals surface area contributed by atoms with Crippen LogP contribution in [0.1, 0.15) is 51.4 Å². The zero-order chi connectivity index (χ0) is 31.6. The molecule has 1 aliphatic rings. The Kier molecular flexibility index (Phi) is 13.1. The molecule has 2 aromatic rings. The lowest BCUT2D eigenvalue weighted by molar-refractivity contribution is -0.144. The molecule has 3 amide bonds. The molecular weight excluding hydrogens is 572 g/mol. The van der Waals surface area contributed by atoms with Gasteiger partial charge in [-0.2, -0.15) is 0 Å². The van der Waals surface area contributed by atoms with E-state index in [4.69, 9.17) is 14.2 Å². The number of carbonyl (C=O) groups excluding carboxylic acids is 3. The van der Waals surface area contributed by atoms with Gasteiger partial charge in [0.1, 0.15) is 18.7 Å². The van der Waals surface area contributed by atoms with Crippen molar-refractivity contribution >= 4 is 29.1 Å². The summed E-state index contributed by atoms with van der Waals surface area (Å²) < 4.78 is 15.8. The molecule has 12 heteroatoms. The van der Waals surface area contributed by atoms with Crippen molar-refractivity contribution in [2.45, 2.75) is 65.3 Å². The van der Waals surface area contributed by atoms with E-state index in [1.165, 1.54) is 4.90 Å². The molecule has 1 fully saturated rings. The minimum Gasteiger partial charge on any atom is -0.391 e. The highest BCUT2D eigenvalue weighted by molar-refractivity contribution is 7.13. The van der Waals surface area contributed by atoms with Crippen LogP contribution in [0.3, 0.4) is 0 Å². The highest BCUT2D eigenvalue weighted by atomic mass is 32.1. The Morgan fingerprint density at radius 3 is 2.35 bits per heavy atom. The third-order valence-electron chi connectivity index (χ3n) is 7.18. The Morgan fingerprint density at radius 1 is 1.09 bits per heavy atom. The van der Waals surface area contributed by atoms with Gasteiger partial charge in [-0.3, -0.25) is 14.4 Å². The minimum absolute atomic E-state index is 0.00228. The minimum atomic E-state index is -0.930. The molecule has 3 rings (SSSR count). The van der Waals surface area contributed by atoms with Crippen LogP contribution in [0.4, 0.5) is 0 Å². The van der Waals surface area contributed by atoms with Crippen LogP contribution < -0.4 is 10.6 Å². The monoisotopic (exact) mass is 617 g/mol. The second-order valence-electron chi connectivity index (χ2n) is 11.7. The lowest BCUT2D eigenvalue weighted by Crippen LogP contribution is -2.58. The Labute approximate surface area is 258 Å². The number of nitrogens with one attached hydrogen (secondary N) is 2. The number of aliphatic hydroxyl groups excluding tert-OH is 1. The molecule has 1 aliphatic heterocycles. The topological polar surface area (TPSA) is 139 Å². The molecule has 11 nitrogen and oxygen atoms in total. The van der Waals surface area contributed by atoms with E-state index in [2.05, 4.69) is 22.5 Å². The van der Waals surface area contributed by atoms with Crippen molar-refractivity contribution in [3.8, 4) is 10.4 Å². The number of hydrogen-bond acceptors (Lipinski definition) is 9. The van der Waals surface area contributed by atoms with Crippen LogP contribution >= 0.6 is 11.3 Å². The smallest absolute Gasteiger partial charge is 0.246 e. The number of benzene rings is 1. The van der Waals surface area contributed by atoms with E-state index in [1.807, 2.05) is 64.4 Å². The Hall–Kier alpha value is -2.90. The fourth-order valence-electron chi connectivity index (χ4n) is 4.82. The van der Waals surface area contributed by atoms with Gasteiger partial charge in [0.2, 0.25) is 17.7 Å². The number of likely N-dealkylation sites (tertiary alicyclic amines) is 1. The van der Waals surface area contributed by atoms with Crippen molar-refractivity contribution < 1.29 is 33.7 Å². The van der Waals surface area contributed by atoms with E-state index in [1.54, 1.807) is 11.3 Å². The maximum atomic E-state index is 13.8. The lowest BCUT2D eigenvalue weighted by Gasteiger charge is -2.35. The van der Waals surface area contributed by atoms with E-state index < -0.39 is 35.4 Å². The van der Waals surface area contributed by atoms with Crippen molar-refractivity contribution in [2.75, 3.05) is 46.2 Å². The van der Waals surface area contributed by atoms with Crippen LogP contribution in [0.2, 0.25) is 0 Å². The summed E-state index contributed by atoms with van der Waals surface area (Å²) in [6.45, 7) is 14.4. The number of hydrogen-bond donors (Lipinski definition) is 3. The third kappa shape index (κ3) is 10.1. The molecular formula is C31H45N4O7S. The number of amides is 3. The molecule has 0 unspecified atom stereocenters. The summed E-state index contributed by atoms with van der Waals surface area (Å²) in [7, 11) is 0. The first kappa shape index (κ1) is 34.6. The summed E-state index contributed by atoms with van der Waals surface area (Å²) in [6.07, 6.45) is -0.739. The first-order chi connectivity index (χ1) is 20.4. The van der Waals surface area contributed by atoms with Crippen molar-refractivity contribution in [2.24, 2.45) is 5.41 Å². The molecule has 237 valence electrons. The summed E-state index contributed by atoms with van der Waals surface area (Å²) in [5, 5.41) is 16.2. The van der Waals surface area contributed by atoms with Gasteiger partial charge in [-0.1, -0.05) is 45.0 Å². The van der Waals surface area contributed by atoms with Crippen molar-refractivity contribution in [1.82, 2.24) is 20.5 Å². The normalized spacial score (nSPS) is 18.3. The fraction of sp³-hybridized carbons (Fsp3) is 0.581. The van der Waals surface area contributed by atoms with Crippen LogP contribution in [0, 0.1) is 19.3 Å². The summed E-state index contributed by atoms with van der Waals surface area (Å²) in [6, 6.07) is 5.80. The highest BCUT2D eigenvalue weighted by Crippen LogP contribution is 2.29. The average molecular weight is 618 g/mol. The SMILES string of the molecule is [CH2]COCCOCCOCC(=O)N[C@H](C(=O)N1C[C@H](O)C[C@H]1C(=O)N[C@@H](C)c1ccc(-c2scnc2C)cc1)C(C)(C)C. The van der Waals surface area contributed by atoms with E-state index >= 15 is 0 Å².